The normalized spacial score (nSPS) is 16.0. The molecule has 0 aromatic heterocycles. The highest BCUT2D eigenvalue weighted by Gasteiger charge is 2.12. The predicted molar refractivity (Wildman–Crippen MR) is 84.5 cm³/mol. The average Bonchev–Trinajstić information content (AvgIpc) is 3.03. The summed E-state index contributed by atoms with van der Waals surface area (Å²) in [5.41, 5.74) is 0.831. The molecule has 0 amide bonds. The van der Waals surface area contributed by atoms with Crippen molar-refractivity contribution in [3.63, 3.8) is 0 Å². The molecule has 2 aromatic rings. The summed E-state index contributed by atoms with van der Waals surface area (Å²) in [5, 5.41) is 14.2. The second-order valence-corrected chi connectivity index (χ2v) is 5.34. The molecule has 1 heterocycles. The number of likely N-dealkylation sites (tertiary alicyclic amines) is 1. The number of nitrogens with zero attached hydrogens (tertiary/aromatic N) is 2. The second kappa shape index (κ2) is 6.59. The van der Waals surface area contributed by atoms with Gasteiger partial charge in [-0.2, -0.15) is 0 Å². The van der Waals surface area contributed by atoms with Gasteiger partial charge in [-0.3, -0.25) is 4.90 Å². The molecule has 4 heteroatoms. The molecule has 0 spiro atoms. The summed E-state index contributed by atoms with van der Waals surface area (Å²) in [6, 6.07) is 12.0. The van der Waals surface area contributed by atoms with Crippen LogP contribution in [0.15, 0.2) is 41.6 Å². The highest BCUT2D eigenvalue weighted by atomic mass is 16.5. The molecule has 1 saturated heterocycles. The standard InChI is InChI=1S/C17H20N2O2/c20-18-13-16-15-6-2-1-5-14(15)7-8-17(16)21-12-11-19-9-3-4-10-19/h1-2,5-8,13,20H,3-4,9-12H2. The number of rotatable bonds is 5. The van der Waals surface area contributed by atoms with E-state index >= 15 is 0 Å². The lowest BCUT2D eigenvalue weighted by Crippen LogP contribution is -2.25. The minimum atomic E-state index is 0.657. The Labute approximate surface area is 124 Å². The molecule has 4 nitrogen and oxygen atoms in total. The molecule has 1 fully saturated rings. The van der Waals surface area contributed by atoms with Crippen molar-refractivity contribution in [1.29, 1.82) is 0 Å². The Kier molecular flexibility index (Phi) is 4.36. The Bertz CT molecular complexity index is 634. The number of oxime groups is 1. The van der Waals surface area contributed by atoms with Crippen LogP contribution in [0.25, 0.3) is 10.8 Å². The van der Waals surface area contributed by atoms with Gasteiger partial charge in [0.15, 0.2) is 0 Å². The van der Waals surface area contributed by atoms with Crippen molar-refractivity contribution in [2.75, 3.05) is 26.2 Å². The zero-order chi connectivity index (χ0) is 14.5. The molecular weight excluding hydrogens is 264 g/mol. The number of hydrogen-bond donors (Lipinski definition) is 1. The molecule has 0 aliphatic carbocycles. The van der Waals surface area contributed by atoms with E-state index < -0.39 is 0 Å². The fourth-order valence-electron chi connectivity index (χ4n) is 2.88. The van der Waals surface area contributed by atoms with E-state index in [0.717, 1.165) is 28.6 Å². The average molecular weight is 284 g/mol. The van der Waals surface area contributed by atoms with Crippen molar-refractivity contribution in [3.05, 3.63) is 42.0 Å². The van der Waals surface area contributed by atoms with Gasteiger partial charge in [0, 0.05) is 12.1 Å². The van der Waals surface area contributed by atoms with Crippen LogP contribution in [0.1, 0.15) is 18.4 Å². The van der Waals surface area contributed by atoms with Gasteiger partial charge in [-0.15, -0.1) is 0 Å². The van der Waals surface area contributed by atoms with Gasteiger partial charge in [0.2, 0.25) is 0 Å². The van der Waals surface area contributed by atoms with Gasteiger partial charge in [-0.05, 0) is 42.8 Å². The van der Waals surface area contributed by atoms with E-state index in [4.69, 9.17) is 9.94 Å². The molecule has 0 saturated carbocycles. The maximum absolute atomic E-state index is 8.91. The van der Waals surface area contributed by atoms with E-state index in [-0.39, 0.29) is 0 Å². The van der Waals surface area contributed by atoms with E-state index in [1.165, 1.54) is 32.1 Å². The Morgan fingerprint density at radius 1 is 1.14 bits per heavy atom. The summed E-state index contributed by atoms with van der Waals surface area (Å²) in [5.74, 6) is 0.769. The second-order valence-electron chi connectivity index (χ2n) is 5.34. The third-order valence-electron chi connectivity index (χ3n) is 3.98. The van der Waals surface area contributed by atoms with Crippen molar-refractivity contribution in [2.45, 2.75) is 12.8 Å². The lowest BCUT2D eigenvalue weighted by atomic mass is 10.0. The first-order valence-corrected chi connectivity index (χ1v) is 7.43. The number of benzene rings is 2. The third kappa shape index (κ3) is 3.16. The van der Waals surface area contributed by atoms with Crippen LogP contribution in [0.5, 0.6) is 5.75 Å². The molecular formula is C17H20N2O2. The summed E-state index contributed by atoms with van der Waals surface area (Å²) in [6.07, 6.45) is 4.03. The first kappa shape index (κ1) is 13.9. The molecule has 0 unspecified atom stereocenters. The van der Waals surface area contributed by atoms with Crippen LogP contribution in [0, 0.1) is 0 Å². The summed E-state index contributed by atoms with van der Waals surface area (Å²) in [7, 11) is 0. The SMILES string of the molecule is ON=Cc1c(OCCN2CCCC2)ccc2ccccc12. The largest absolute Gasteiger partial charge is 0.492 e. The fourth-order valence-corrected chi connectivity index (χ4v) is 2.88. The van der Waals surface area contributed by atoms with Crippen LogP contribution in [0.4, 0.5) is 0 Å². The van der Waals surface area contributed by atoms with Crippen LogP contribution in [0.2, 0.25) is 0 Å². The molecule has 0 radical (unpaired) electrons. The highest BCUT2D eigenvalue weighted by molar-refractivity contribution is 6.02. The first-order chi connectivity index (χ1) is 10.4. The van der Waals surface area contributed by atoms with Crippen LogP contribution in [0.3, 0.4) is 0 Å². The van der Waals surface area contributed by atoms with Crippen molar-refractivity contribution < 1.29 is 9.94 Å². The molecule has 21 heavy (non-hydrogen) atoms. The molecule has 0 atom stereocenters. The van der Waals surface area contributed by atoms with Gasteiger partial charge in [0.25, 0.3) is 0 Å². The van der Waals surface area contributed by atoms with Crippen molar-refractivity contribution in [1.82, 2.24) is 4.90 Å². The maximum Gasteiger partial charge on any atom is 0.128 e. The molecule has 3 rings (SSSR count). The number of ether oxygens (including phenoxy) is 1. The molecule has 0 bridgehead atoms. The lowest BCUT2D eigenvalue weighted by Gasteiger charge is -2.16. The summed E-state index contributed by atoms with van der Waals surface area (Å²) in [4.78, 5) is 2.42. The van der Waals surface area contributed by atoms with Gasteiger partial charge in [0.05, 0.1) is 6.21 Å². The van der Waals surface area contributed by atoms with E-state index in [9.17, 15) is 0 Å². The minimum Gasteiger partial charge on any atom is -0.492 e. The first-order valence-electron chi connectivity index (χ1n) is 7.43. The predicted octanol–water partition coefficient (Wildman–Crippen LogP) is 3.12. The fraction of sp³-hybridized carbons (Fsp3) is 0.353. The van der Waals surface area contributed by atoms with Crippen LogP contribution < -0.4 is 4.74 Å². The minimum absolute atomic E-state index is 0.657. The van der Waals surface area contributed by atoms with Crippen molar-refractivity contribution in [2.24, 2.45) is 5.16 Å². The van der Waals surface area contributed by atoms with Gasteiger partial charge in [-0.1, -0.05) is 35.5 Å². The van der Waals surface area contributed by atoms with Gasteiger partial charge < -0.3 is 9.94 Å². The van der Waals surface area contributed by atoms with Crippen molar-refractivity contribution >= 4 is 17.0 Å². The van der Waals surface area contributed by atoms with Gasteiger partial charge in [-0.25, -0.2) is 0 Å². The zero-order valence-electron chi connectivity index (χ0n) is 12.0. The van der Waals surface area contributed by atoms with Crippen LogP contribution >= 0.6 is 0 Å². The summed E-state index contributed by atoms with van der Waals surface area (Å²) < 4.78 is 5.92. The quantitative estimate of drug-likeness (QED) is 0.521. The Balaban J connectivity index is 1.78. The Morgan fingerprint density at radius 2 is 1.95 bits per heavy atom. The summed E-state index contributed by atoms with van der Waals surface area (Å²) in [6.45, 7) is 3.95. The summed E-state index contributed by atoms with van der Waals surface area (Å²) >= 11 is 0. The monoisotopic (exact) mass is 284 g/mol. The maximum atomic E-state index is 8.91. The lowest BCUT2D eigenvalue weighted by molar-refractivity contribution is 0.237. The molecule has 1 aliphatic rings. The topological polar surface area (TPSA) is 45.1 Å². The molecule has 1 aliphatic heterocycles. The Hall–Kier alpha value is -2.07. The van der Waals surface area contributed by atoms with E-state index in [1.807, 2.05) is 36.4 Å². The van der Waals surface area contributed by atoms with Gasteiger partial charge in [0.1, 0.15) is 12.4 Å². The smallest absolute Gasteiger partial charge is 0.128 e. The number of hydrogen-bond acceptors (Lipinski definition) is 4. The van der Waals surface area contributed by atoms with E-state index in [0.29, 0.717) is 6.61 Å². The van der Waals surface area contributed by atoms with Crippen LogP contribution in [-0.4, -0.2) is 42.6 Å². The van der Waals surface area contributed by atoms with E-state index in [1.54, 1.807) is 0 Å². The van der Waals surface area contributed by atoms with Crippen LogP contribution in [-0.2, 0) is 0 Å². The van der Waals surface area contributed by atoms with Gasteiger partial charge >= 0.3 is 0 Å². The molecule has 110 valence electrons. The Morgan fingerprint density at radius 3 is 2.76 bits per heavy atom. The molecule has 2 aromatic carbocycles. The van der Waals surface area contributed by atoms with E-state index in [2.05, 4.69) is 10.1 Å². The highest BCUT2D eigenvalue weighted by Crippen LogP contribution is 2.26. The zero-order valence-corrected chi connectivity index (χ0v) is 12.0. The number of fused-ring (bicyclic) bond motifs is 1. The van der Waals surface area contributed by atoms with Crippen molar-refractivity contribution in [3.8, 4) is 5.75 Å². The molecule has 1 N–H and O–H groups in total. The third-order valence-corrected chi connectivity index (χ3v) is 3.98.